The molecule has 3 rings (SSSR count). The number of primary amides is 1. The lowest BCUT2D eigenvalue weighted by Gasteiger charge is -2.22. The van der Waals surface area contributed by atoms with E-state index in [0.29, 0.717) is 6.42 Å². The van der Waals surface area contributed by atoms with E-state index in [1.54, 1.807) is 0 Å². The van der Waals surface area contributed by atoms with Crippen LogP contribution in [0.25, 0.3) is 0 Å². The Bertz CT molecular complexity index is 906. The van der Waals surface area contributed by atoms with Gasteiger partial charge >= 0.3 is 0 Å². The van der Waals surface area contributed by atoms with Crippen LogP contribution in [0.3, 0.4) is 0 Å². The highest BCUT2D eigenvalue weighted by Gasteiger charge is 2.27. The molecular weight excluding hydrogens is 416 g/mol. The lowest BCUT2D eigenvalue weighted by Crippen LogP contribution is -2.47. The molecule has 0 aromatic heterocycles. The van der Waals surface area contributed by atoms with Crippen LogP contribution in [0.1, 0.15) is 22.6 Å². The summed E-state index contributed by atoms with van der Waals surface area (Å²) in [6.45, 7) is 0. The highest BCUT2D eigenvalue weighted by Crippen LogP contribution is 2.25. The second-order valence-electron chi connectivity index (χ2n) is 6.55. The molecule has 0 unspecified atom stereocenters. The fourth-order valence-corrected chi connectivity index (χ4v) is 3.61. The molecule has 0 aliphatic heterocycles. The van der Waals surface area contributed by atoms with Crippen LogP contribution in [0.2, 0.25) is 0 Å². The first-order valence-corrected chi connectivity index (χ1v) is 9.78. The molecule has 0 aliphatic rings. The van der Waals surface area contributed by atoms with Gasteiger partial charge < -0.3 is 11.1 Å². The molecule has 1 atom stereocenters. The van der Waals surface area contributed by atoms with Crippen LogP contribution in [0.5, 0.6) is 0 Å². The number of nitrogens with one attached hydrogen (secondary N) is 1. The number of carbonyl (C=O) groups is 2. The summed E-state index contributed by atoms with van der Waals surface area (Å²) in [6.07, 6.45) is 0.330. The van der Waals surface area contributed by atoms with E-state index in [-0.39, 0.29) is 5.91 Å². The zero-order chi connectivity index (χ0) is 19.9. The Hall–Kier alpha value is -2.92. The largest absolute Gasteiger partial charge is 0.368 e. The first-order valence-electron chi connectivity index (χ1n) is 8.98. The van der Waals surface area contributed by atoms with Gasteiger partial charge in [-0.15, -0.1) is 0 Å². The van der Waals surface area contributed by atoms with Crippen molar-refractivity contribution in [1.29, 1.82) is 0 Å². The van der Waals surface area contributed by atoms with Gasteiger partial charge in [0.2, 0.25) is 11.8 Å². The molecule has 142 valence electrons. The van der Waals surface area contributed by atoms with Crippen LogP contribution in [0.15, 0.2) is 89.4 Å². The number of amides is 2. The van der Waals surface area contributed by atoms with E-state index >= 15 is 0 Å². The summed E-state index contributed by atoms with van der Waals surface area (Å²) in [5, 5.41) is 2.85. The fraction of sp³-hybridized carbons (Fsp3) is 0.130. The minimum Gasteiger partial charge on any atom is -0.368 e. The second-order valence-corrected chi connectivity index (χ2v) is 7.47. The number of rotatable bonds is 7. The molecule has 0 saturated heterocycles. The average Bonchev–Trinajstić information content (AvgIpc) is 2.69. The quantitative estimate of drug-likeness (QED) is 0.591. The predicted molar refractivity (Wildman–Crippen MR) is 114 cm³/mol. The number of hydrogen-bond donors (Lipinski definition) is 2. The maximum absolute atomic E-state index is 13.2. The Labute approximate surface area is 172 Å². The van der Waals surface area contributed by atoms with E-state index in [2.05, 4.69) is 21.2 Å². The number of benzene rings is 3. The van der Waals surface area contributed by atoms with Gasteiger partial charge in [-0.2, -0.15) is 0 Å². The third-order valence-electron chi connectivity index (χ3n) is 4.52. The van der Waals surface area contributed by atoms with E-state index in [0.717, 1.165) is 21.2 Å². The summed E-state index contributed by atoms with van der Waals surface area (Å²) in [7, 11) is 0. The van der Waals surface area contributed by atoms with Gasteiger partial charge in [-0.1, -0.05) is 88.7 Å². The number of carbonyl (C=O) groups excluding carboxylic acids is 2. The van der Waals surface area contributed by atoms with Crippen molar-refractivity contribution in [3.63, 3.8) is 0 Å². The Morgan fingerprint density at radius 2 is 1.43 bits per heavy atom. The summed E-state index contributed by atoms with van der Waals surface area (Å²) < 4.78 is 0.908. The van der Waals surface area contributed by atoms with Gasteiger partial charge in [0.25, 0.3) is 0 Å². The van der Waals surface area contributed by atoms with Crippen molar-refractivity contribution >= 4 is 27.7 Å². The van der Waals surface area contributed by atoms with E-state index in [4.69, 9.17) is 5.73 Å². The number of halogens is 1. The van der Waals surface area contributed by atoms with Crippen molar-refractivity contribution in [2.24, 2.45) is 5.73 Å². The number of hydrogen-bond acceptors (Lipinski definition) is 2. The normalized spacial score (nSPS) is 11.8. The van der Waals surface area contributed by atoms with Crippen LogP contribution < -0.4 is 11.1 Å². The molecule has 0 saturated carbocycles. The molecule has 0 spiro atoms. The molecule has 0 aliphatic carbocycles. The summed E-state index contributed by atoms with van der Waals surface area (Å²) in [4.78, 5) is 25.2. The van der Waals surface area contributed by atoms with Gasteiger partial charge in [0.05, 0.1) is 5.92 Å². The Balaban J connectivity index is 1.86. The predicted octanol–water partition coefficient (Wildman–Crippen LogP) is 3.79. The molecule has 3 N–H and O–H groups in total. The molecule has 3 aromatic carbocycles. The van der Waals surface area contributed by atoms with E-state index < -0.39 is 17.9 Å². The van der Waals surface area contributed by atoms with Crippen molar-refractivity contribution in [1.82, 2.24) is 5.32 Å². The Kier molecular flexibility index (Phi) is 6.61. The van der Waals surface area contributed by atoms with Crippen LogP contribution in [-0.4, -0.2) is 17.9 Å². The molecule has 4 nitrogen and oxygen atoms in total. The fourth-order valence-electron chi connectivity index (χ4n) is 3.16. The average molecular weight is 437 g/mol. The molecule has 0 radical (unpaired) electrons. The van der Waals surface area contributed by atoms with Crippen LogP contribution in [0.4, 0.5) is 0 Å². The van der Waals surface area contributed by atoms with E-state index in [1.807, 2.05) is 84.9 Å². The molecule has 2 amide bonds. The van der Waals surface area contributed by atoms with Gasteiger partial charge in [-0.25, -0.2) is 0 Å². The maximum atomic E-state index is 13.2. The minimum absolute atomic E-state index is 0.254. The minimum atomic E-state index is -0.795. The molecule has 5 heteroatoms. The third kappa shape index (κ3) is 5.08. The third-order valence-corrected chi connectivity index (χ3v) is 5.01. The lowest BCUT2D eigenvalue weighted by atomic mass is 9.90. The van der Waals surface area contributed by atoms with Crippen molar-refractivity contribution in [2.75, 3.05) is 0 Å². The molecule has 28 heavy (non-hydrogen) atoms. The zero-order valence-electron chi connectivity index (χ0n) is 15.2. The lowest BCUT2D eigenvalue weighted by molar-refractivity contribution is -0.127. The van der Waals surface area contributed by atoms with Gasteiger partial charge in [0.1, 0.15) is 6.04 Å². The van der Waals surface area contributed by atoms with Gasteiger partial charge in [0.15, 0.2) is 0 Å². The van der Waals surface area contributed by atoms with Crippen LogP contribution >= 0.6 is 15.9 Å². The second kappa shape index (κ2) is 9.33. The summed E-state index contributed by atoms with van der Waals surface area (Å²) in [6, 6.07) is 25.8. The summed E-state index contributed by atoms with van der Waals surface area (Å²) >= 11 is 3.42. The van der Waals surface area contributed by atoms with Crippen LogP contribution in [-0.2, 0) is 16.0 Å². The first kappa shape index (κ1) is 19.8. The van der Waals surface area contributed by atoms with Gasteiger partial charge in [-0.05, 0) is 28.8 Å². The van der Waals surface area contributed by atoms with Crippen LogP contribution in [0, 0.1) is 0 Å². The highest BCUT2D eigenvalue weighted by molar-refractivity contribution is 9.10. The summed E-state index contributed by atoms with van der Waals surface area (Å²) in [5.74, 6) is -1.34. The van der Waals surface area contributed by atoms with Gasteiger partial charge in [0, 0.05) is 10.9 Å². The topological polar surface area (TPSA) is 72.2 Å². The van der Waals surface area contributed by atoms with Crippen molar-refractivity contribution < 1.29 is 9.59 Å². The van der Waals surface area contributed by atoms with E-state index in [9.17, 15) is 9.59 Å². The van der Waals surface area contributed by atoms with Crippen molar-refractivity contribution in [3.05, 3.63) is 106 Å². The highest BCUT2D eigenvalue weighted by atomic mass is 79.9. The SMILES string of the molecule is NC(=O)[C@H](Cc1cccc(Br)c1)NC(=O)C(c1ccccc1)c1ccccc1. The zero-order valence-corrected chi connectivity index (χ0v) is 16.8. The smallest absolute Gasteiger partial charge is 0.240 e. The van der Waals surface area contributed by atoms with Crippen molar-refractivity contribution in [2.45, 2.75) is 18.4 Å². The summed E-state index contributed by atoms with van der Waals surface area (Å²) in [5.41, 5.74) is 8.21. The molecule has 3 aromatic rings. The van der Waals surface area contributed by atoms with E-state index in [1.165, 1.54) is 0 Å². The monoisotopic (exact) mass is 436 g/mol. The molecule has 0 heterocycles. The molecular formula is C23H21BrN2O2. The first-order chi connectivity index (χ1) is 13.5. The van der Waals surface area contributed by atoms with Crippen molar-refractivity contribution in [3.8, 4) is 0 Å². The Morgan fingerprint density at radius 1 is 0.857 bits per heavy atom. The molecule has 0 bridgehead atoms. The van der Waals surface area contributed by atoms with Gasteiger partial charge in [-0.3, -0.25) is 9.59 Å². The number of nitrogens with two attached hydrogens (primary N) is 1. The standard InChI is InChI=1S/C23H21BrN2O2/c24-19-13-7-8-16(14-19)15-20(22(25)27)26-23(28)21(17-9-3-1-4-10-17)18-11-5-2-6-12-18/h1-14,20-21H,15H2,(H2,25,27)(H,26,28)/t20-/m0/s1. The Morgan fingerprint density at radius 3 is 1.93 bits per heavy atom. The maximum Gasteiger partial charge on any atom is 0.240 e. The molecule has 0 fully saturated rings.